The van der Waals surface area contributed by atoms with E-state index in [1.165, 1.54) is 0 Å². The maximum absolute atomic E-state index is 5.89. The van der Waals surface area contributed by atoms with Gasteiger partial charge in [-0.1, -0.05) is 23.7 Å². The summed E-state index contributed by atoms with van der Waals surface area (Å²) >= 11 is 5.89. The third-order valence-electron chi connectivity index (χ3n) is 3.60. The number of hydrogen-bond acceptors (Lipinski definition) is 5. The molecule has 6 heteroatoms. The summed E-state index contributed by atoms with van der Waals surface area (Å²) in [7, 11) is 0. The van der Waals surface area contributed by atoms with Gasteiger partial charge >= 0.3 is 0 Å². The molecule has 21 heavy (non-hydrogen) atoms. The quantitative estimate of drug-likeness (QED) is 0.920. The number of benzene rings is 1. The summed E-state index contributed by atoms with van der Waals surface area (Å²) in [6.45, 7) is 4.40. The first-order valence-corrected chi connectivity index (χ1v) is 7.56. The van der Waals surface area contributed by atoms with Crippen LogP contribution in [0.2, 0.25) is 5.02 Å². The number of aromatic nitrogens is 2. The van der Waals surface area contributed by atoms with Crippen molar-refractivity contribution >= 4 is 11.6 Å². The topological polar surface area (TPSA) is 60.2 Å². The van der Waals surface area contributed by atoms with E-state index in [-0.39, 0.29) is 12.0 Å². The molecular weight excluding hydrogens is 290 g/mol. The van der Waals surface area contributed by atoms with E-state index in [4.69, 9.17) is 20.9 Å². The van der Waals surface area contributed by atoms with Crippen LogP contribution in [0.1, 0.15) is 25.2 Å². The maximum Gasteiger partial charge on any atom is 0.234 e. The van der Waals surface area contributed by atoms with Gasteiger partial charge in [0, 0.05) is 16.6 Å². The van der Waals surface area contributed by atoms with E-state index in [9.17, 15) is 0 Å². The maximum atomic E-state index is 5.89. The van der Waals surface area contributed by atoms with Gasteiger partial charge in [-0.05, 0) is 37.2 Å². The Morgan fingerprint density at radius 3 is 2.86 bits per heavy atom. The Morgan fingerprint density at radius 1 is 1.29 bits per heavy atom. The summed E-state index contributed by atoms with van der Waals surface area (Å²) in [5, 5.41) is 8.22. The molecule has 1 saturated heterocycles. The Kier molecular flexibility index (Phi) is 4.53. The molecule has 1 aromatic heterocycles. The molecule has 1 aliphatic heterocycles. The van der Waals surface area contributed by atoms with E-state index in [0.29, 0.717) is 30.0 Å². The van der Waals surface area contributed by atoms with E-state index >= 15 is 0 Å². The zero-order chi connectivity index (χ0) is 14.7. The monoisotopic (exact) mass is 307 g/mol. The Balaban J connectivity index is 1.76. The van der Waals surface area contributed by atoms with Gasteiger partial charge in [0.2, 0.25) is 11.7 Å². The van der Waals surface area contributed by atoms with Crippen LogP contribution in [0, 0.1) is 0 Å². The molecule has 112 valence electrons. The molecule has 2 atom stereocenters. The number of hydrogen-bond donors (Lipinski definition) is 1. The van der Waals surface area contributed by atoms with Crippen molar-refractivity contribution in [3.63, 3.8) is 0 Å². The highest BCUT2D eigenvalue weighted by molar-refractivity contribution is 6.30. The van der Waals surface area contributed by atoms with Gasteiger partial charge in [-0.15, -0.1) is 0 Å². The molecule has 0 spiro atoms. The van der Waals surface area contributed by atoms with Gasteiger partial charge in [-0.3, -0.25) is 0 Å². The van der Waals surface area contributed by atoms with Crippen LogP contribution in [0.4, 0.5) is 0 Å². The van der Waals surface area contributed by atoms with Crippen molar-refractivity contribution in [1.82, 2.24) is 15.5 Å². The zero-order valence-electron chi connectivity index (χ0n) is 11.9. The van der Waals surface area contributed by atoms with Crippen LogP contribution >= 0.6 is 11.6 Å². The lowest BCUT2D eigenvalue weighted by molar-refractivity contribution is 0.184. The molecule has 1 aromatic carbocycles. The van der Waals surface area contributed by atoms with Gasteiger partial charge < -0.3 is 14.6 Å². The van der Waals surface area contributed by atoms with Gasteiger partial charge in [0.1, 0.15) is 0 Å². The van der Waals surface area contributed by atoms with E-state index in [0.717, 1.165) is 18.5 Å². The van der Waals surface area contributed by atoms with E-state index in [1.54, 1.807) is 0 Å². The number of nitrogens with zero attached hydrogens (tertiary/aromatic N) is 2. The minimum absolute atomic E-state index is 0.116. The van der Waals surface area contributed by atoms with E-state index in [1.807, 2.05) is 24.3 Å². The molecule has 1 N–H and O–H groups in total. The first-order chi connectivity index (χ1) is 10.3. The standard InChI is InChI=1S/C15H18ClN3O2/c1-2-7-17-13-9-20-8-12(13)15-18-14(19-21-15)10-3-5-11(16)6-4-10/h3-6,12-13,17H,2,7-9H2,1H3. The minimum atomic E-state index is 0.116. The highest BCUT2D eigenvalue weighted by atomic mass is 35.5. The molecule has 2 heterocycles. The normalized spacial score (nSPS) is 21.8. The highest BCUT2D eigenvalue weighted by Crippen LogP contribution is 2.27. The second-order valence-corrected chi connectivity index (χ2v) is 5.60. The average Bonchev–Trinajstić information content (AvgIpc) is 3.14. The molecule has 0 saturated carbocycles. The molecule has 2 unspecified atom stereocenters. The van der Waals surface area contributed by atoms with Gasteiger partial charge in [-0.2, -0.15) is 4.98 Å². The zero-order valence-corrected chi connectivity index (χ0v) is 12.6. The lowest BCUT2D eigenvalue weighted by Gasteiger charge is -2.14. The average molecular weight is 308 g/mol. The highest BCUT2D eigenvalue weighted by Gasteiger charge is 2.33. The summed E-state index contributed by atoms with van der Waals surface area (Å²) in [5.74, 6) is 1.33. The molecule has 1 aliphatic rings. The molecule has 3 rings (SSSR count). The Morgan fingerprint density at radius 2 is 2.10 bits per heavy atom. The Hall–Kier alpha value is -1.43. The lowest BCUT2D eigenvalue weighted by Crippen LogP contribution is -2.34. The van der Waals surface area contributed by atoms with Gasteiger partial charge in [0.15, 0.2) is 0 Å². The number of ether oxygens (including phenoxy) is 1. The number of halogens is 1. The predicted octanol–water partition coefficient (Wildman–Crippen LogP) is 2.87. The van der Waals surface area contributed by atoms with Crippen molar-refractivity contribution in [2.45, 2.75) is 25.3 Å². The molecule has 5 nitrogen and oxygen atoms in total. The van der Waals surface area contributed by atoms with Gasteiger partial charge in [-0.25, -0.2) is 0 Å². The molecular formula is C15H18ClN3O2. The van der Waals surface area contributed by atoms with Gasteiger partial charge in [0.05, 0.1) is 19.1 Å². The fraction of sp³-hybridized carbons (Fsp3) is 0.467. The summed E-state index contributed by atoms with van der Waals surface area (Å²) in [5.41, 5.74) is 0.895. The third-order valence-corrected chi connectivity index (χ3v) is 3.85. The van der Waals surface area contributed by atoms with E-state index < -0.39 is 0 Å². The second-order valence-electron chi connectivity index (χ2n) is 5.17. The number of rotatable bonds is 5. The van der Waals surface area contributed by atoms with Crippen LogP contribution < -0.4 is 5.32 Å². The minimum Gasteiger partial charge on any atom is -0.379 e. The van der Waals surface area contributed by atoms with Crippen LogP contribution in [-0.2, 0) is 4.74 Å². The van der Waals surface area contributed by atoms with Crippen LogP contribution in [0.3, 0.4) is 0 Å². The molecule has 2 aromatic rings. The summed E-state index contributed by atoms with van der Waals surface area (Å²) < 4.78 is 11.0. The first-order valence-electron chi connectivity index (χ1n) is 7.18. The summed E-state index contributed by atoms with van der Waals surface area (Å²) in [6.07, 6.45) is 1.09. The van der Waals surface area contributed by atoms with Crippen LogP contribution in [-0.4, -0.2) is 35.9 Å². The summed E-state index contributed by atoms with van der Waals surface area (Å²) in [6, 6.07) is 7.64. The number of nitrogens with one attached hydrogen (secondary N) is 1. The molecule has 0 aliphatic carbocycles. The second kappa shape index (κ2) is 6.56. The predicted molar refractivity (Wildman–Crippen MR) is 80.4 cm³/mol. The molecule has 0 bridgehead atoms. The molecule has 1 fully saturated rings. The van der Waals surface area contributed by atoms with Crippen molar-refractivity contribution in [3.05, 3.63) is 35.2 Å². The van der Waals surface area contributed by atoms with Crippen molar-refractivity contribution in [3.8, 4) is 11.4 Å². The van der Waals surface area contributed by atoms with Crippen molar-refractivity contribution < 1.29 is 9.26 Å². The Bertz CT molecular complexity index is 585. The Labute approximate surface area is 128 Å². The van der Waals surface area contributed by atoms with Crippen LogP contribution in [0.25, 0.3) is 11.4 Å². The fourth-order valence-electron chi connectivity index (χ4n) is 2.43. The van der Waals surface area contributed by atoms with E-state index in [2.05, 4.69) is 22.4 Å². The summed E-state index contributed by atoms with van der Waals surface area (Å²) in [4.78, 5) is 4.51. The molecule has 0 amide bonds. The van der Waals surface area contributed by atoms with Crippen molar-refractivity contribution in [2.24, 2.45) is 0 Å². The van der Waals surface area contributed by atoms with Crippen molar-refractivity contribution in [2.75, 3.05) is 19.8 Å². The fourth-order valence-corrected chi connectivity index (χ4v) is 2.56. The smallest absolute Gasteiger partial charge is 0.234 e. The molecule has 0 radical (unpaired) electrons. The van der Waals surface area contributed by atoms with Crippen LogP contribution in [0.5, 0.6) is 0 Å². The van der Waals surface area contributed by atoms with Crippen molar-refractivity contribution in [1.29, 1.82) is 0 Å². The first kappa shape index (κ1) is 14.5. The lowest BCUT2D eigenvalue weighted by atomic mass is 10.0. The van der Waals surface area contributed by atoms with Gasteiger partial charge in [0.25, 0.3) is 0 Å². The largest absolute Gasteiger partial charge is 0.379 e. The third kappa shape index (κ3) is 3.26. The van der Waals surface area contributed by atoms with Crippen LogP contribution in [0.15, 0.2) is 28.8 Å². The SMILES string of the molecule is CCCNC1COCC1c1nc(-c2ccc(Cl)cc2)no1.